The Morgan fingerprint density at radius 2 is 1.70 bits per heavy atom. The summed E-state index contributed by atoms with van der Waals surface area (Å²) in [5, 5.41) is 5.10. The molecule has 4 heteroatoms. The van der Waals surface area contributed by atoms with E-state index >= 15 is 0 Å². The Morgan fingerprint density at radius 1 is 0.957 bits per heavy atom. The van der Waals surface area contributed by atoms with Crippen LogP contribution in [0, 0.1) is 5.82 Å². The van der Waals surface area contributed by atoms with Gasteiger partial charge in [-0.05, 0) is 40.6 Å². The van der Waals surface area contributed by atoms with Crippen molar-refractivity contribution in [3.63, 3.8) is 0 Å². The second-order valence-electron chi connectivity index (χ2n) is 5.16. The summed E-state index contributed by atoms with van der Waals surface area (Å²) in [6.45, 7) is 0.337. The molecule has 0 aliphatic carbocycles. The van der Waals surface area contributed by atoms with Crippen molar-refractivity contribution >= 4 is 16.7 Å². The van der Waals surface area contributed by atoms with Crippen molar-refractivity contribution in [3.8, 4) is 5.75 Å². The predicted octanol–water partition coefficient (Wildman–Crippen LogP) is 3.67. The third-order valence-corrected chi connectivity index (χ3v) is 3.54. The zero-order valence-electron chi connectivity index (χ0n) is 12.5. The molecule has 116 valence electrons. The number of halogens is 1. The summed E-state index contributed by atoms with van der Waals surface area (Å²) >= 11 is 0. The summed E-state index contributed by atoms with van der Waals surface area (Å²) in [4.78, 5) is 11.9. The molecular weight excluding hydrogens is 293 g/mol. The molecule has 0 unspecified atom stereocenters. The van der Waals surface area contributed by atoms with E-state index in [-0.39, 0.29) is 18.3 Å². The van der Waals surface area contributed by atoms with Gasteiger partial charge < -0.3 is 10.1 Å². The number of amides is 1. The fourth-order valence-electron chi connectivity index (χ4n) is 2.37. The highest BCUT2D eigenvalue weighted by atomic mass is 19.1. The second kappa shape index (κ2) is 6.92. The van der Waals surface area contributed by atoms with Gasteiger partial charge in [-0.25, -0.2) is 4.39 Å². The van der Waals surface area contributed by atoms with Crippen LogP contribution in [0.5, 0.6) is 5.75 Å². The summed E-state index contributed by atoms with van der Waals surface area (Å²) in [6.07, 6.45) is 0. The van der Waals surface area contributed by atoms with Gasteiger partial charge in [0.15, 0.2) is 6.61 Å². The first-order valence-electron chi connectivity index (χ1n) is 7.34. The average Bonchev–Trinajstić information content (AvgIpc) is 2.59. The smallest absolute Gasteiger partial charge is 0.258 e. The SMILES string of the molecule is O=C(COc1ccc(F)cc1)NCc1cccc2ccccc12. The number of rotatable bonds is 5. The van der Waals surface area contributed by atoms with Crippen molar-refractivity contribution < 1.29 is 13.9 Å². The Labute approximate surface area is 133 Å². The molecule has 0 aliphatic rings. The maximum atomic E-state index is 12.8. The second-order valence-corrected chi connectivity index (χ2v) is 5.16. The van der Waals surface area contributed by atoms with Crippen LogP contribution in [0.2, 0.25) is 0 Å². The minimum atomic E-state index is -0.335. The van der Waals surface area contributed by atoms with Gasteiger partial charge >= 0.3 is 0 Å². The quantitative estimate of drug-likeness (QED) is 0.781. The summed E-state index contributed by atoms with van der Waals surface area (Å²) in [6, 6.07) is 19.6. The van der Waals surface area contributed by atoms with Crippen LogP contribution in [0.3, 0.4) is 0 Å². The van der Waals surface area contributed by atoms with E-state index in [0.29, 0.717) is 12.3 Å². The van der Waals surface area contributed by atoms with Crippen molar-refractivity contribution in [2.45, 2.75) is 6.54 Å². The maximum absolute atomic E-state index is 12.8. The third kappa shape index (κ3) is 3.86. The Balaban J connectivity index is 1.57. The Kier molecular flexibility index (Phi) is 4.52. The zero-order chi connectivity index (χ0) is 16.1. The first kappa shape index (κ1) is 15.0. The van der Waals surface area contributed by atoms with Crippen molar-refractivity contribution in [1.29, 1.82) is 0 Å². The number of hydrogen-bond acceptors (Lipinski definition) is 2. The van der Waals surface area contributed by atoms with Crippen molar-refractivity contribution in [3.05, 3.63) is 78.1 Å². The minimum Gasteiger partial charge on any atom is -0.484 e. The van der Waals surface area contributed by atoms with E-state index in [1.54, 1.807) is 0 Å². The number of carbonyl (C=O) groups is 1. The molecule has 0 radical (unpaired) electrons. The first-order valence-corrected chi connectivity index (χ1v) is 7.34. The molecule has 1 N–H and O–H groups in total. The number of fused-ring (bicyclic) bond motifs is 1. The van der Waals surface area contributed by atoms with E-state index in [4.69, 9.17) is 4.74 Å². The molecule has 0 atom stereocenters. The number of hydrogen-bond donors (Lipinski definition) is 1. The fourth-order valence-corrected chi connectivity index (χ4v) is 2.37. The average molecular weight is 309 g/mol. The van der Waals surface area contributed by atoms with Crippen LogP contribution in [0.15, 0.2) is 66.7 Å². The predicted molar refractivity (Wildman–Crippen MR) is 87.7 cm³/mol. The van der Waals surface area contributed by atoms with Crippen LogP contribution in [-0.4, -0.2) is 12.5 Å². The lowest BCUT2D eigenvalue weighted by Gasteiger charge is -2.09. The maximum Gasteiger partial charge on any atom is 0.258 e. The minimum absolute atomic E-state index is 0.101. The van der Waals surface area contributed by atoms with Gasteiger partial charge in [0, 0.05) is 6.54 Å². The molecule has 0 fully saturated rings. The van der Waals surface area contributed by atoms with Crippen LogP contribution in [-0.2, 0) is 11.3 Å². The van der Waals surface area contributed by atoms with Crippen molar-refractivity contribution in [1.82, 2.24) is 5.32 Å². The van der Waals surface area contributed by atoms with E-state index < -0.39 is 0 Å². The fraction of sp³-hybridized carbons (Fsp3) is 0.105. The Hall–Kier alpha value is -2.88. The number of nitrogens with one attached hydrogen (secondary N) is 1. The molecule has 1 amide bonds. The molecule has 0 aliphatic heterocycles. The van der Waals surface area contributed by atoms with E-state index in [2.05, 4.69) is 5.32 Å². The van der Waals surface area contributed by atoms with Crippen molar-refractivity contribution in [2.24, 2.45) is 0 Å². The van der Waals surface area contributed by atoms with Crippen LogP contribution in [0.1, 0.15) is 5.56 Å². The molecule has 0 aromatic heterocycles. The van der Waals surface area contributed by atoms with E-state index in [1.165, 1.54) is 24.3 Å². The number of carbonyl (C=O) groups excluding carboxylic acids is 1. The molecule has 0 bridgehead atoms. The topological polar surface area (TPSA) is 38.3 Å². The lowest BCUT2D eigenvalue weighted by atomic mass is 10.0. The van der Waals surface area contributed by atoms with Crippen LogP contribution in [0.4, 0.5) is 4.39 Å². The monoisotopic (exact) mass is 309 g/mol. The number of benzene rings is 3. The molecule has 23 heavy (non-hydrogen) atoms. The van der Waals surface area contributed by atoms with Gasteiger partial charge in [-0.15, -0.1) is 0 Å². The molecule has 3 aromatic carbocycles. The van der Waals surface area contributed by atoms with Gasteiger partial charge in [-0.1, -0.05) is 42.5 Å². The molecule has 0 spiro atoms. The van der Waals surface area contributed by atoms with Crippen LogP contribution >= 0.6 is 0 Å². The highest BCUT2D eigenvalue weighted by molar-refractivity contribution is 5.86. The lowest BCUT2D eigenvalue weighted by molar-refractivity contribution is -0.123. The molecule has 3 nitrogen and oxygen atoms in total. The van der Waals surface area contributed by atoms with Crippen molar-refractivity contribution in [2.75, 3.05) is 6.61 Å². The highest BCUT2D eigenvalue weighted by Crippen LogP contribution is 2.18. The third-order valence-electron chi connectivity index (χ3n) is 3.54. The Morgan fingerprint density at radius 3 is 2.52 bits per heavy atom. The molecule has 0 heterocycles. The lowest BCUT2D eigenvalue weighted by Crippen LogP contribution is -2.28. The highest BCUT2D eigenvalue weighted by Gasteiger charge is 2.05. The standard InChI is InChI=1S/C19H16FNO2/c20-16-8-10-17(11-9-16)23-13-19(22)21-12-15-6-3-5-14-4-1-2-7-18(14)15/h1-11H,12-13H2,(H,21,22). The largest absolute Gasteiger partial charge is 0.484 e. The van der Waals surface area contributed by atoms with Gasteiger partial charge in [-0.2, -0.15) is 0 Å². The molecule has 0 saturated heterocycles. The first-order chi connectivity index (χ1) is 11.2. The summed E-state index contributed by atoms with van der Waals surface area (Å²) in [7, 11) is 0. The molecule has 3 aromatic rings. The van der Waals surface area contributed by atoms with E-state index in [0.717, 1.165) is 16.3 Å². The van der Waals surface area contributed by atoms with E-state index in [1.807, 2.05) is 42.5 Å². The number of ether oxygens (including phenoxy) is 1. The summed E-state index contributed by atoms with van der Waals surface area (Å²) in [5.41, 5.74) is 1.05. The van der Waals surface area contributed by atoms with Crippen LogP contribution < -0.4 is 10.1 Å². The van der Waals surface area contributed by atoms with Gasteiger partial charge in [-0.3, -0.25) is 4.79 Å². The van der Waals surface area contributed by atoms with E-state index in [9.17, 15) is 9.18 Å². The van der Waals surface area contributed by atoms with Gasteiger partial charge in [0.1, 0.15) is 11.6 Å². The van der Waals surface area contributed by atoms with Gasteiger partial charge in [0.05, 0.1) is 0 Å². The molecule has 0 saturated carbocycles. The zero-order valence-corrected chi connectivity index (χ0v) is 12.5. The van der Waals surface area contributed by atoms with Crippen LogP contribution in [0.25, 0.3) is 10.8 Å². The Bertz CT molecular complexity index is 810. The molecular formula is C19H16FNO2. The summed E-state index contributed by atoms with van der Waals surface area (Å²) < 4.78 is 18.1. The van der Waals surface area contributed by atoms with Gasteiger partial charge in [0.2, 0.25) is 0 Å². The molecule has 3 rings (SSSR count). The summed E-state index contributed by atoms with van der Waals surface area (Å²) in [5.74, 6) is -0.0910. The van der Waals surface area contributed by atoms with Gasteiger partial charge in [0.25, 0.3) is 5.91 Å². The normalized spacial score (nSPS) is 10.5.